The first-order chi connectivity index (χ1) is 10.1. The van der Waals surface area contributed by atoms with Crippen molar-refractivity contribution in [2.24, 2.45) is 0 Å². The van der Waals surface area contributed by atoms with E-state index in [-0.39, 0.29) is 28.5 Å². The van der Waals surface area contributed by atoms with E-state index < -0.39 is 11.8 Å². The van der Waals surface area contributed by atoms with Crippen molar-refractivity contribution in [3.63, 3.8) is 0 Å². The van der Waals surface area contributed by atoms with Crippen molar-refractivity contribution in [1.82, 2.24) is 9.78 Å². The van der Waals surface area contributed by atoms with Gasteiger partial charge in [0.1, 0.15) is 22.8 Å². The van der Waals surface area contributed by atoms with Crippen LogP contribution in [-0.4, -0.2) is 34.6 Å². The number of hydrogen-bond donors (Lipinski definition) is 1. The fourth-order valence-corrected chi connectivity index (χ4v) is 2.40. The first kappa shape index (κ1) is 13.4. The number of ether oxygens (including phenoxy) is 2. The lowest BCUT2D eigenvalue weighted by atomic mass is 10.1. The SMILES string of the molecule is COc1cccc(F)c1-c1nn2c(c1C(=O)O)OCCC2. The minimum atomic E-state index is -1.21. The van der Waals surface area contributed by atoms with Gasteiger partial charge in [-0.05, 0) is 12.1 Å². The summed E-state index contributed by atoms with van der Waals surface area (Å²) in [6, 6.07) is 4.29. The van der Waals surface area contributed by atoms with Crippen LogP contribution < -0.4 is 9.47 Å². The molecule has 110 valence electrons. The summed E-state index contributed by atoms with van der Waals surface area (Å²) in [5.41, 5.74) is -0.0876. The maximum Gasteiger partial charge on any atom is 0.343 e. The van der Waals surface area contributed by atoms with Crippen LogP contribution in [0.4, 0.5) is 4.39 Å². The number of benzene rings is 1. The molecule has 21 heavy (non-hydrogen) atoms. The van der Waals surface area contributed by atoms with Gasteiger partial charge in [-0.3, -0.25) is 0 Å². The molecule has 0 atom stereocenters. The highest BCUT2D eigenvalue weighted by atomic mass is 19.1. The number of hydrogen-bond acceptors (Lipinski definition) is 4. The number of halogens is 1. The summed E-state index contributed by atoms with van der Waals surface area (Å²) >= 11 is 0. The van der Waals surface area contributed by atoms with E-state index in [0.29, 0.717) is 13.2 Å². The predicted octanol–water partition coefficient (Wildman–Crippen LogP) is 2.18. The van der Waals surface area contributed by atoms with E-state index in [9.17, 15) is 14.3 Å². The van der Waals surface area contributed by atoms with Crippen molar-refractivity contribution < 1.29 is 23.8 Å². The smallest absolute Gasteiger partial charge is 0.343 e. The average molecular weight is 292 g/mol. The summed E-state index contributed by atoms with van der Waals surface area (Å²) in [4.78, 5) is 11.5. The summed E-state index contributed by atoms with van der Waals surface area (Å²) in [6.07, 6.45) is 0.724. The van der Waals surface area contributed by atoms with Crippen LogP contribution in [-0.2, 0) is 6.54 Å². The van der Waals surface area contributed by atoms with Gasteiger partial charge < -0.3 is 14.6 Å². The molecule has 0 fully saturated rings. The van der Waals surface area contributed by atoms with Crippen LogP contribution in [0.15, 0.2) is 18.2 Å². The highest BCUT2D eigenvalue weighted by Crippen LogP contribution is 2.38. The normalized spacial score (nSPS) is 13.4. The zero-order valence-corrected chi connectivity index (χ0v) is 11.3. The van der Waals surface area contributed by atoms with Crippen LogP contribution in [0, 0.1) is 5.82 Å². The number of nitrogens with zero attached hydrogens (tertiary/aromatic N) is 2. The molecule has 2 heterocycles. The van der Waals surface area contributed by atoms with Crippen LogP contribution in [0.25, 0.3) is 11.3 Å². The monoisotopic (exact) mass is 292 g/mol. The van der Waals surface area contributed by atoms with Crippen molar-refractivity contribution in [2.45, 2.75) is 13.0 Å². The molecule has 0 saturated heterocycles. The Balaban J connectivity index is 2.28. The van der Waals surface area contributed by atoms with Gasteiger partial charge in [0.05, 0.1) is 19.3 Å². The van der Waals surface area contributed by atoms with Gasteiger partial charge in [0.15, 0.2) is 0 Å². The fraction of sp³-hybridized carbons (Fsp3) is 0.286. The number of carbonyl (C=O) groups is 1. The average Bonchev–Trinajstić information content (AvgIpc) is 2.85. The van der Waals surface area contributed by atoms with Gasteiger partial charge >= 0.3 is 5.97 Å². The summed E-state index contributed by atoms with van der Waals surface area (Å²) in [6.45, 7) is 0.951. The highest BCUT2D eigenvalue weighted by molar-refractivity contribution is 5.98. The van der Waals surface area contributed by atoms with E-state index >= 15 is 0 Å². The molecule has 6 nitrogen and oxygen atoms in total. The number of aromatic carboxylic acids is 1. The second-order valence-corrected chi connectivity index (χ2v) is 4.58. The third-order valence-corrected chi connectivity index (χ3v) is 3.30. The van der Waals surface area contributed by atoms with E-state index in [2.05, 4.69) is 5.10 Å². The second kappa shape index (κ2) is 5.08. The number of carboxylic acids is 1. The van der Waals surface area contributed by atoms with Gasteiger partial charge in [-0.25, -0.2) is 13.9 Å². The summed E-state index contributed by atoms with van der Waals surface area (Å²) < 4.78 is 26.1. The van der Waals surface area contributed by atoms with Crippen LogP contribution in [0.3, 0.4) is 0 Å². The summed E-state index contributed by atoms with van der Waals surface area (Å²) in [5, 5.41) is 13.6. The first-order valence-corrected chi connectivity index (χ1v) is 6.43. The number of carboxylic acid groups (broad SMARTS) is 1. The van der Waals surface area contributed by atoms with Crippen molar-refractivity contribution >= 4 is 5.97 Å². The van der Waals surface area contributed by atoms with Crippen molar-refractivity contribution in [3.8, 4) is 22.9 Å². The van der Waals surface area contributed by atoms with Crippen LogP contribution in [0.1, 0.15) is 16.8 Å². The summed E-state index contributed by atoms with van der Waals surface area (Å²) in [5.74, 6) is -1.41. The second-order valence-electron chi connectivity index (χ2n) is 4.58. The van der Waals surface area contributed by atoms with Gasteiger partial charge in [-0.2, -0.15) is 5.10 Å². The van der Waals surface area contributed by atoms with Crippen LogP contribution in [0.2, 0.25) is 0 Å². The zero-order valence-electron chi connectivity index (χ0n) is 11.3. The van der Waals surface area contributed by atoms with E-state index in [1.807, 2.05) is 0 Å². The predicted molar refractivity (Wildman–Crippen MR) is 71.2 cm³/mol. The molecule has 2 aromatic rings. The lowest BCUT2D eigenvalue weighted by molar-refractivity contribution is 0.0690. The molecule has 1 aliphatic rings. The molecular formula is C14H13FN2O4. The quantitative estimate of drug-likeness (QED) is 0.938. The Morgan fingerprint density at radius 1 is 1.52 bits per heavy atom. The van der Waals surface area contributed by atoms with Gasteiger partial charge in [-0.15, -0.1) is 0 Å². The molecule has 1 aromatic carbocycles. The molecule has 0 unspecified atom stereocenters. The Labute approximate surface area is 119 Å². The molecule has 1 N–H and O–H groups in total. The number of aryl methyl sites for hydroxylation is 1. The van der Waals surface area contributed by atoms with Crippen molar-refractivity contribution in [2.75, 3.05) is 13.7 Å². The Hall–Kier alpha value is -2.57. The largest absolute Gasteiger partial charge is 0.496 e. The minimum Gasteiger partial charge on any atom is -0.496 e. The Bertz CT molecular complexity index is 711. The number of methoxy groups -OCH3 is 1. The molecule has 0 aliphatic carbocycles. The third kappa shape index (κ3) is 2.10. The number of rotatable bonds is 3. The van der Waals surface area contributed by atoms with E-state index in [4.69, 9.17) is 9.47 Å². The van der Waals surface area contributed by atoms with Gasteiger partial charge in [-0.1, -0.05) is 6.07 Å². The standard InChI is InChI=1S/C14H13FN2O4/c1-20-9-5-2-4-8(15)10(9)12-11(14(18)19)13-17(16-12)6-3-7-21-13/h2,4-5H,3,6-7H2,1H3,(H,18,19). The molecule has 1 aromatic heterocycles. The van der Waals surface area contributed by atoms with Gasteiger partial charge in [0.2, 0.25) is 5.88 Å². The minimum absolute atomic E-state index is 0.0225. The molecule has 7 heteroatoms. The van der Waals surface area contributed by atoms with Gasteiger partial charge in [0, 0.05) is 13.0 Å². The Kier molecular flexibility index (Phi) is 3.25. The van der Waals surface area contributed by atoms with E-state index in [0.717, 1.165) is 6.42 Å². The topological polar surface area (TPSA) is 73.6 Å². The molecular weight excluding hydrogens is 279 g/mol. The Morgan fingerprint density at radius 3 is 3.05 bits per heavy atom. The highest BCUT2D eigenvalue weighted by Gasteiger charge is 2.30. The molecule has 3 rings (SSSR count). The Morgan fingerprint density at radius 2 is 2.33 bits per heavy atom. The summed E-state index contributed by atoms with van der Waals surface area (Å²) in [7, 11) is 1.39. The lowest BCUT2D eigenvalue weighted by Gasteiger charge is -2.14. The molecule has 0 bridgehead atoms. The van der Waals surface area contributed by atoms with E-state index in [1.165, 1.54) is 23.9 Å². The number of fused-ring (bicyclic) bond motifs is 1. The first-order valence-electron chi connectivity index (χ1n) is 6.43. The third-order valence-electron chi connectivity index (χ3n) is 3.30. The van der Waals surface area contributed by atoms with Gasteiger partial charge in [0.25, 0.3) is 0 Å². The molecule has 0 spiro atoms. The molecule has 0 saturated carbocycles. The number of aromatic nitrogens is 2. The van der Waals surface area contributed by atoms with Crippen LogP contribution >= 0.6 is 0 Å². The maximum atomic E-state index is 14.2. The molecule has 1 aliphatic heterocycles. The van der Waals surface area contributed by atoms with Crippen molar-refractivity contribution in [3.05, 3.63) is 29.6 Å². The lowest BCUT2D eigenvalue weighted by Crippen LogP contribution is -2.16. The van der Waals surface area contributed by atoms with E-state index in [1.54, 1.807) is 6.07 Å². The molecule has 0 radical (unpaired) electrons. The fourth-order valence-electron chi connectivity index (χ4n) is 2.40. The maximum absolute atomic E-state index is 14.2. The van der Waals surface area contributed by atoms with Crippen LogP contribution in [0.5, 0.6) is 11.6 Å². The molecule has 0 amide bonds. The zero-order chi connectivity index (χ0) is 15.0. The van der Waals surface area contributed by atoms with Crippen molar-refractivity contribution in [1.29, 1.82) is 0 Å².